The van der Waals surface area contributed by atoms with Gasteiger partial charge < -0.3 is 15.2 Å². The zero-order chi connectivity index (χ0) is 8.72. The molecule has 0 amide bonds. The Bertz CT molecular complexity index is 204. The molecule has 0 aromatic carbocycles. The predicted molar refractivity (Wildman–Crippen MR) is 41.4 cm³/mol. The fraction of sp³-hybridized carbons (Fsp3) is 0.875. The summed E-state index contributed by atoms with van der Waals surface area (Å²) in [6, 6.07) is -0.156. The van der Waals surface area contributed by atoms with Crippen LogP contribution in [-0.4, -0.2) is 31.3 Å². The minimum Gasteiger partial charge on any atom is -0.469 e. The highest BCUT2D eigenvalue weighted by Gasteiger charge is 2.51. The van der Waals surface area contributed by atoms with Gasteiger partial charge in [0.05, 0.1) is 19.3 Å². The van der Waals surface area contributed by atoms with Gasteiger partial charge in [-0.15, -0.1) is 0 Å². The fourth-order valence-corrected chi connectivity index (χ4v) is 2.16. The number of rotatable bonds is 1. The third-order valence-electron chi connectivity index (χ3n) is 2.80. The third-order valence-corrected chi connectivity index (χ3v) is 2.80. The summed E-state index contributed by atoms with van der Waals surface area (Å²) in [5.41, 5.74) is 5.81. The zero-order valence-electron chi connectivity index (χ0n) is 7.03. The number of fused-ring (bicyclic) bond motifs is 2. The average molecular weight is 171 g/mol. The van der Waals surface area contributed by atoms with Crippen LogP contribution in [0.1, 0.15) is 12.8 Å². The largest absolute Gasteiger partial charge is 0.469 e. The van der Waals surface area contributed by atoms with Crippen LogP contribution in [0.3, 0.4) is 0 Å². The molecule has 2 N–H and O–H groups in total. The van der Waals surface area contributed by atoms with E-state index < -0.39 is 0 Å². The van der Waals surface area contributed by atoms with Gasteiger partial charge in [-0.05, 0) is 12.8 Å². The van der Waals surface area contributed by atoms with Gasteiger partial charge in [0.25, 0.3) is 0 Å². The number of methoxy groups -OCH3 is 1. The van der Waals surface area contributed by atoms with E-state index in [0.717, 1.165) is 12.8 Å². The number of carbonyl (C=O) groups is 1. The lowest BCUT2D eigenvalue weighted by atomic mass is 9.85. The van der Waals surface area contributed by atoms with Crippen LogP contribution in [0.25, 0.3) is 0 Å². The number of hydrogen-bond acceptors (Lipinski definition) is 4. The first-order valence-electron chi connectivity index (χ1n) is 4.23. The molecule has 2 heterocycles. The van der Waals surface area contributed by atoms with Gasteiger partial charge in [0.2, 0.25) is 0 Å². The van der Waals surface area contributed by atoms with E-state index in [2.05, 4.69) is 4.74 Å². The van der Waals surface area contributed by atoms with Gasteiger partial charge in [-0.2, -0.15) is 0 Å². The molecule has 0 saturated carbocycles. The molecular weight excluding hydrogens is 158 g/mol. The molecule has 0 spiro atoms. The van der Waals surface area contributed by atoms with Crippen molar-refractivity contribution in [3.8, 4) is 0 Å². The minimum atomic E-state index is -0.228. The molecule has 2 aliphatic rings. The first-order valence-corrected chi connectivity index (χ1v) is 4.23. The van der Waals surface area contributed by atoms with E-state index in [1.54, 1.807) is 0 Å². The molecule has 2 fully saturated rings. The molecule has 0 aromatic heterocycles. The highest BCUT2D eigenvalue weighted by Crippen LogP contribution is 2.38. The topological polar surface area (TPSA) is 61.5 Å². The molecule has 2 aliphatic heterocycles. The smallest absolute Gasteiger partial charge is 0.312 e. The summed E-state index contributed by atoms with van der Waals surface area (Å²) >= 11 is 0. The molecule has 4 nitrogen and oxygen atoms in total. The van der Waals surface area contributed by atoms with E-state index in [4.69, 9.17) is 10.5 Å². The number of hydrogen-bond donors (Lipinski definition) is 1. The Balaban J connectivity index is 2.12. The highest BCUT2D eigenvalue weighted by atomic mass is 16.5. The van der Waals surface area contributed by atoms with E-state index >= 15 is 0 Å². The summed E-state index contributed by atoms with van der Waals surface area (Å²) in [5.74, 6) is -0.455. The van der Waals surface area contributed by atoms with Crippen molar-refractivity contribution in [1.29, 1.82) is 0 Å². The molecule has 4 atom stereocenters. The van der Waals surface area contributed by atoms with Crippen LogP contribution in [0.5, 0.6) is 0 Å². The van der Waals surface area contributed by atoms with Crippen LogP contribution in [0, 0.1) is 5.92 Å². The molecule has 2 saturated heterocycles. The predicted octanol–water partition coefficient (Wildman–Crippen LogP) is -0.336. The second-order valence-electron chi connectivity index (χ2n) is 3.42. The van der Waals surface area contributed by atoms with Crippen molar-refractivity contribution in [3.63, 3.8) is 0 Å². The second-order valence-corrected chi connectivity index (χ2v) is 3.42. The van der Waals surface area contributed by atoms with Gasteiger partial charge in [0.1, 0.15) is 5.92 Å². The molecular formula is C8H13NO3. The Morgan fingerprint density at radius 1 is 1.50 bits per heavy atom. The van der Waals surface area contributed by atoms with E-state index in [1.165, 1.54) is 7.11 Å². The molecule has 68 valence electrons. The van der Waals surface area contributed by atoms with Crippen LogP contribution in [0.2, 0.25) is 0 Å². The van der Waals surface area contributed by atoms with Gasteiger partial charge in [0.15, 0.2) is 0 Å². The van der Waals surface area contributed by atoms with Crippen LogP contribution < -0.4 is 5.73 Å². The number of esters is 1. The second kappa shape index (κ2) is 2.71. The first-order chi connectivity index (χ1) is 5.74. The number of nitrogens with two attached hydrogens (primary N) is 1. The van der Waals surface area contributed by atoms with Crippen molar-refractivity contribution in [2.45, 2.75) is 31.1 Å². The summed E-state index contributed by atoms with van der Waals surface area (Å²) < 4.78 is 10.2. The zero-order valence-corrected chi connectivity index (χ0v) is 7.03. The first kappa shape index (κ1) is 8.01. The summed E-state index contributed by atoms with van der Waals surface area (Å²) in [7, 11) is 1.39. The van der Waals surface area contributed by atoms with Gasteiger partial charge in [-0.25, -0.2) is 0 Å². The highest BCUT2D eigenvalue weighted by molar-refractivity contribution is 5.74. The van der Waals surface area contributed by atoms with Crippen molar-refractivity contribution in [2.75, 3.05) is 7.11 Å². The maximum Gasteiger partial charge on any atom is 0.312 e. The Labute approximate surface area is 71.0 Å². The Hall–Kier alpha value is -0.610. The van der Waals surface area contributed by atoms with Crippen molar-refractivity contribution in [3.05, 3.63) is 0 Å². The number of ether oxygens (including phenoxy) is 2. The minimum absolute atomic E-state index is 0.0115. The Morgan fingerprint density at radius 3 is 2.67 bits per heavy atom. The van der Waals surface area contributed by atoms with E-state index in [9.17, 15) is 4.79 Å². The SMILES string of the molecule is COC(=O)[C@@H]1[C@H](N)[C@@H]2CC[C@H]1O2. The Kier molecular flexibility index (Phi) is 1.81. The normalized spacial score (nSPS) is 44.8. The molecule has 0 aliphatic carbocycles. The van der Waals surface area contributed by atoms with Crippen molar-refractivity contribution in [2.24, 2.45) is 11.7 Å². The third kappa shape index (κ3) is 0.949. The lowest BCUT2D eigenvalue weighted by Crippen LogP contribution is -2.44. The van der Waals surface area contributed by atoms with Crippen LogP contribution >= 0.6 is 0 Å². The standard InChI is InChI=1S/C8H13NO3/c1-11-8(10)6-4-2-3-5(12-4)7(6)9/h4-7H,2-3,9H2,1H3/t4-,5+,6+,7-/m1/s1. The monoisotopic (exact) mass is 171 g/mol. The molecule has 12 heavy (non-hydrogen) atoms. The molecule has 0 unspecified atom stereocenters. The summed E-state index contributed by atoms with van der Waals surface area (Å²) in [4.78, 5) is 11.2. The number of carbonyl (C=O) groups excluding carboxylic acids is 1. The molecule has 2 bridgehead atoms. The Morgan fingerprint density at radius 2 is 2.17 bits per heavy atom. The van der Waals surface area contributed by atoms with Gasteiger partial charge in [-0.3, -0.25) is 4.79 Å². The van der Waals surface area contributed by atoms with Gasteiger partial charge >= 0.3 is 5.97 Å². The van der Waals surface area contributed by atoms with E-state index in [0.29, 0.717) is 0 Å². The fourth-order valence-electron chi connectivity index (χ4n) is 2.16. The van der Waals surface area contributed by atoms with Crippen molar-refractivity contribution >= 4 is 5.97 Å². The molecule has 0 aromatic rings. The summed E-state index contributed by atoms with van der Waals surface area (Å²) in [6.45, 7) is 0. The van der Waals surface area contributed by atoms with E-state index in [1.807, 2.05) is 0 Å². The maximum atomic E-state index is 11.2. The quantitative estimate of drug-likeness (QED) is 0.548. The van der Waals surface area contributed by atoms with Crippen LogP contribution in [0.15, 0.2) is 0 Å². The molecule has 0 radical (unpaired) electrons. The lowest BCUT2D eigenvalue weighted by Gasteiger charge is -2.21. The molecule has 4 heteroatoms. The van der Waals surface area contributed by atoms with E-state index in [-0.39, 0.29) is 30.1 Å². The van der Waals surface area contributed by atoms with Crippen molar-refractivity contribution in [1.82, 2.24) is 0 Å². The average Bonchev–Trinajstić information content (AvgIpc) is 2.63. The van der Waals surface area contributed by atoms with Crippen molar-refractivity contribution < 1.29 is 14.3 Å². The molecule has 2 rings (SSSR count). The van der Waals surface area contributed by atoms with Gasteiger partial charge in [-0.1, -0.05) is 0 Å². The maximum absolute atomic E-state index is 11.2. The lowest BCUT2D eigenvalue weighted by molar-refractivity contribution is -0.147. The summed E-state index contributed by atoms with van der Waals surface area (Å²) in [6.07, 6.45) is 2.02. The van der Waals surface area contributed by atoms with Crippen LogP contribution in [-0.2, 0) is 14.3 Å². The van der Waals surface area contributed by atoms with Gasteiger partial charge in [0, 0.05) is 6.04 Å². The van der Waals surface area contributed by atoms with Crippen LogP contribution in [0.4, 0.5) is 0 Å². The summed E-state index contributed by atoms with van der Waals surface area (Å²) in [5, 5.41) is 0.